The molecule has 1 heterocycles. The molecule has 3 rings (SSSR count). The smallest absolute Gasteiger partial charge is 0.306 e. The van der Waals surface area contributed by atoms with Crippen molar-refractivity contribution in [3.63, 3.8) is 0 Å². The zero-order chi connectivity index (χ0) is 13.2. The van der Waals surface area contributed by atoms with Crippen LogP contribution < -0.4 is 5.32 Å². The maximum atomic E-state index is 10.9. The molecule has 102 valence electrons. The molecule has 0 saturated heterocycles. The maximum Gasteiger partial charge on any atom is 0.306 e. The second-order valence-electron chi connectivity index (χ2n) is 5.93. The number of carbonyl (C=O) groups is 1. The Labute approximate surface area is 114 Å². The first-order chi connectivity index (χ1) is 9.22. The van der Waals surface area contributed by atoms with Crippen molar-refractivity contribution >= 4 is 11.7 Å². The summed E-state index contributed by atoms with van der Waals surface area (Å²) in [5.41, 5.74) is 4.15. The number of hydrogen-bond acceptors (Lipinski definition) is 2. The lowest BCUT2D eigenvalue weighted by Crippen LogP contribution is -2.22. The third-order valence-corrected chi connectivity index (χ3v) is 4.60. The van der Waals surface area contributed by atoms with Gasteiger partial charge in [-0.05, 0) is 61.6 Å². The molecule has 0 unspecified atom stereocenters. The zero-order valence-electron chi connectivity index (χ0n) is 11.2. The molecular formula is C16H21NO2. The molecule has 0 bridgehead atoms. The van der Waals surface area contributed by atoms with Gasteiger partial charge in [0.2, 0.25) is 0 Å². The molecule has 0 radical (unpaired) electrons. The fourth-order valence-electron chi connectivity index (χ4n) is 3.43. The number of nitrogens with one attached hydrogen (secondary N) is 1. The highest BCUT2D eigenvalue weighted by molar-refractivity contribution is 5.70. The summed E-state index contributed by atoms with van der Waals surface area (Å²) in [6.07, 6.45) is 6.08. The highest BCUT2D eigenvalue weighted by atomic mass is 16.4. The molecule has 1 fully saturated rings. The highest BCUT2D eigenvalue weighted by Crippen LogP contribution is 2.32. The molecule has 1 aromatic carbocycles. The van der Waals surface area contributed by atoms with Crippen molar-refractivity contribution in [3.8, 4) is 0 Å². The van der Waals surface area contributed by atoms with E-state index in [1.54, 1.807) is 0 Å². The number of anilines is 1. The summed E-state index contributed by atoms with van der Waals surface area (Å²) in [4.78, 5) is 10.9. The number of aliphatic carboxylic acids is 1. The largest absolute Gasteiger partial charge is 0.481 e. The van der Waals surface area contributed by atoms with Crippen LogP contribution in [0.3, 0.4) is 0 Å². The molecule has 0 spiro atoms. The van der Waals surface area contributed by atoms with Gasteiger partial charge in [0, 0.05) is 12.2 Å². The van der Waals surface area contributed by atoms with Gasteiger partial charge in [-0.15, -0.1) is 0 Å². The first kappa shape index (κ1) is 12.5. The van der Waals surface area contributed by atoms with Gasteiger partial charge in [-0.25, -0.2) is 0 Å². The van der Waals surface area contributed by atoms with Gasteiger partial charge in [0.05, 0.1) is 5.92 Å². The summed E-state index contributed by atoms with van der Waals surface area (Å²) >= 11 is 0. The van der Waals surface area contributed by atoms with Crippen LogP contribution in [-0.4, -0.2) is 17.6 Å². The Morgan fingerprint density at radius 3 is 2.79 bits per heavy atom. The Balaban J connectivity index is 1.59. The third-order valence-electron chi connectivity index (χ3n) is 4.60. The van der Waals surface area contributed by atoms with E-state index in [1.165, 1.54) is 16.8 Å². The SMILES string of the molecule is O=C(O)C1CCC(Cc2ccc3c(c2)CCN3)CC1. The van der Waals surface area contributed by atoms with E-state index >= 15 is 0 Å². The van der Waals surface area contributed by atoms with Crippen LogP contribution in [-0.2, 0) is 17.6 Å². The van der Waals surface area contributed by atoms with Crippen LogP contribution in [0.5, 0.6) is 0 Å². The van der Waals surface area contributed by atoms with E-state index < -0.39 is 5.97 Å². The van der Waals surface area contributed by atoms with Crippen molar-refractivity contribution in [1.29, 1.82) is 0 Å². The Morgan fingerprint density at radius 1 is 1.26 bits per heavy atom. The summed E-state index contributed by atoms with van der Waals surface area (Å²) < 4.78 is 0. The van der Waals surface area contributed by atoms with Gasteiger partial charge < -0.3 is 10.4 Å². The van der Waals surface area contributed by atoms with Gasteiger partial charge in [-0.3, -0.25) is 4.79 Å². The molecule has 0 amide bonds. The summed E-state index contributed by atoms with van der Waals surface area (Å²) in [5.74, 6) is -0.0365. The first-order valence-electron chi connectivity index (χ1n) is 7.31. The second-order valence-corrected chi connectivity index (χ2v) is 5.93. The van der Waals surface area contributed by atoms with Crippen molar-refractivity contribution in [1.82, 2.24) is 0 Å². The predicted molar refractivity (Wildman–Crippen MR) is 75.4 cm³/mol. The highest BCUT2D eigenvalue weighted by Gasteiger charge is 2.26. The third kappa shape index (κ3) is 2.75. The van der Waals surface area contributed by atoms with E-state index in [0.717, 1.165) is 45.1 Å². The lowest BCUT2D eigenvalue weighted by Gasteiger charge is -2.26. The quantitative estimate of drug-likeness (QED) is 0.877. The molecule has 2 N–H and O–H groups in total. The predicted octanol–water partition coefficient (Wildman–Crippen LogP) is 3.09. The summed E-state index contributed by atoms with van der Waals surface area (Å²) in [5, 5.41) is 12.4. The van der Waals surface area contributed by atoms with Crippen molar-refractivity contribution in [2.24, 2.45) is 11.8 Å². The van der Waals surface area contributed by atoms with Crippen LogP contribution in [0.2, 0.25) is 0 Å². The van der Waals surface area contributed by atoms with Gasteiger partial charge in [0.1, 0.15) is 0 Å². The monoisotopic (exact) mass is 259 g/mol. The van der Waals surface area contributed by atoms with Gasteiger partial charge in [-0.1, -0.05) is 12.1 Å². The van der Waals surface area contributed by atoms with E-state index in [1.807, 2.05) is 0 Å². The minimum Gasteiger partial charge on any atom is -0.481 e. The van der Waals surface area contributed by atoms with E-state index in [0.29, 0.717) is 5.92 Å². The van der Waals surface area contributed by atoms with Gasteiger partial charge >= 0.3 is 5.97 Å². The molecule has 3 heteroatoms. The van der Waals surface area contributed by atoms with Crippen LogP contribution in [0.15, 0.2) is 18.2 Å². The van der Waals surface area contributed by atoms with Crippen LogP contribution >= 0.6 is 0 Å². The lowest BCUT2D eigenvalue weighted by molar-refractivity contribution is -0.143. The zero-order valence-corrected chi connectivity index (χ0v) is 11.2. The summed E-state index contributed by atoms with van der Waals surface area (Å²) in [6, 6.07) is 6.75. The number of hydrogen-bond donors (Lipinski definition) is 2. The Kier molecular flexibility index (Phi) is 3.45. The van der Waals surface area contributed by atoms with E-state index in [-0.39, 0.29) is 5.92 Å². The van der Waals surface area contributed by atoms with Crippen LogP contribution in [0.4, 0.5) is 5.69 Å². The van der Waals surface area contributed by atoms with E-state index in [2.05, 4.69) is 23.5 Å². The minimum absolute atomic E-state index is 0.0968. The fourth-order valence-corrected chi connectivity index (χ4v) is 3.43. The van der Waals surface area contributed by atoms with Crippen LogP contribution in [0.1, 0.15) is 36.8 Å². The van der Waals surface area contributed by atoms with Gasteiger partial charge in [0.15, 0.2) is 0 Å². The van der Waals surface area contributed by atoms with Crippen molar-refractivity contribution in [2.75, 3.05) is 11.9 Å². The Hall–Kier alpha value is -1.51. The van der Waals surface area contributed by atoms with Crippen molar-refractivity contribution in [3.05, 3.63) is 29.3 Å². The van der Waals surface area contributed by atoms with Gasteiger partial charge in [-0.2, -0.15) is 0 Å². The average Bonchev–Trinajstić information content (AvgIpc) is 2.87. The van der Waals surface area contributed by atoms with Crippen molar-refractivity contribution in [2.45, 2.75) is 38.5 Å². The number of rotatable bonds is 3. The normalized spacial score (nSPS) is 25.7. The molecule has 1 aliphatic heterocycles. The minimum atomic E-state index is -0.609. The topological polar surface area (TPSA) is 49.3 Å². The molecule has 3 nitrogen and oxygen atoms in total. The van der Waals surface area contributed by atoms with Gasteiger partial charge in [0.25, 0.3) is 0 Å². The molecule has 2 aliphatic rings. The standard InChI is InChI=1S/C16H21NO2/c18-16(19)13-4-1-11(2-5-13)9-12-3-6-15-14(10-12)7-8-17-15/h3,6,10-11,13,17H,1-2,4-5,7-9H2,(H,18,19). The molecule has 19 heavy (non-hydrogen) atoms. The maximum absolute atomic E-state index is 10.9. The number of carboxylic acids is 1. The summed E-state index contributed by atoms with van der Waals surface area (Å²) in [7, 11) is 0. The fraction of sp³-hybridized carbons (Fsp3) is 0.562. The average molecular weight is 259 g/mol. The Bertz CT molecular complexity index is 476. The molecule has 1 saturated carbocycles. The number of fused-ring (bicyclic) bond motifs is 1. The van der Waals surface area contributed by atoms with Crippen LogP contribution in [0.25, 0.3) is 0 Å². The summed E-state index contributed by atoms with van der Waals surface area (Å²) in [6.45, 7) is 1.06. The lowest BCUT2D eigenvalue weighted by atomic mass is 9.79. The number of carboxylic acid groups (broad SMARTS) is 1. The molecule has 0 atom stereocenters. The molecule has 1 aromatic rings. The van der Waals surface area contributed by atoms with Crippen molar-refractivity contribution < 1.29 is 9.90 Å². The van der Waals surface area contributed by atoms with E-state index in [9.17, 15) is 4.79 Å². The molecular weight excluding hydrogens is 238 g/mol. The molecule has 1 aliphatic carbocycles. The second kappa shape index (κ2) is 5.24. The van der Waals surface area contributed by atoms with Crippen LogP contribution in [0, 0.1) is 11.8 Å². The Morgan fingerprint density at radius 2 is 2.05 bits per heavy atom. The van der Waals surface area contributed by atoms with E-state index in [4.69, 9.17) is 5.11 Å². The first-order valence-corrected chi connectivity index (χ1v) is 7.31. The number of benzene rings is 1. The molecule has 0 aromatic heterocycles.